The first-order chi connectivity index (χ1) is 8.53. The number of benzene rings is 2. The molecule has 0 aromatic heterocycles. The third kappa shape index (κ3) is 3.76. The van der Waals surface area contributed by atoms with E-state index in [4.69, 9.17) is 5.14 Å². The van der Waals surface area contributed by atoms with Gasteiger partial charge in [-0.25, -0.2) is 0 Å². The Bertz CT molecular complexity index is 610. The molecular formula is C12H12N2O3S. The Morgan fingerprint density at radius 2 is 1.44 bits per heavy atom. The smallest absolute Gasteiger partial charge is 0.371 e. The van der Waals surface area contributed by atoms with Gasteiger partial charge in [-0.1, -0.05) is 18.2 Å². The van der Waals surface area contributed by atoms with Crippen LogP contribution in [0.4, 0.5) is 11.4 Å². The van der Waals surface area contributed by atoms with E-state index >= 15 is 0 Å². The Hall–Kier alpha value is -2.05. The van der Waals surface area contributed by atoms with E-state index in [2.05, 4.69) is 9.50 Å². The van der Waals surface area contributed by atoms with Gasteiger partial charge in [-0.2, -0.15) is 13.6 Å². The molecule has 6 heteroatoms. The van der Waals surface area contributed by atoms with E-state index in [1.165, 1.54) is 12.1 Å². The second kappa shape index (κ2) is 5.07. The van der Waals surface area contributed by atoms with Gasteiger partial charge in [-0.15, -0.1) is 0 Å². The molecule has 0 aliphatic carbocycles. The zero-order valence-corrected chi connectivity index (χ0v) is 10.2. The van der Waals surface area contributed by atoms with E-state index in [1.54, 1.807) is 12.1 Å². The summed E-state index contributed by atoms with van der Waals surface area (Å²) in [6, 6.07) is 16.1. The number of nitrogens with one attached hydrogen (secondary N) is 1. The van der Waals surface area contributed by atoms with Gasteiger partial charge in [0.1, 0.15) is 5.75 Å². The van der Waals surface area contributed by atoms with E-state index in [0.717, 1.165) is 11.4 Å². The van der Waals surface area contributed by atoms with E-state index in [1.807, 2.05) is 30.3 Å². The third-order valence-electron chi connectivity index (χ3n) is 2.13. The molecule has 0 radical (unpaired) electrons. The second-order valence-electron chi connectivity index (χ2n) is 3.59. The lowest BCUT2D eigenvalue weighted by atomic mass is 10.2. The predicted octanol–water partition coefficient (Wildman–Crippen LogP) is 2.01. The molecule has 0 bridgehead atoms. The molecular weight excluding hydrogens is 252 g/mol. The molecule has 94 valence electrons. The van der Waals surface area contributed by atoms with Crippen molar-refractivity contribution in [2.45, 2.75) is 0 Å². The molecule has 0 saturated carbocycles. The Labute approximate surface area is 105 Å². The van der Waals surface area contributed by atoms with Crippen LogP contribution in [0.25, 0.3) is 0 Å². The van der Waals surface area contributed by atoms with Crippen molar-refractivity contribution < 1.29 is 12.6 Å². The highest BCUT2D eigenvalue weighted by molar-refractivity contribution is 7.84. The molecule has 0 heterocycles. The van der Waals surface area contributed by atoms with Gasteiger partial charge < -0.3 is 9.50 Å². The summed E-state index contributed by atoms with van der Waals surface area (Å²) in [4.78, 5) is 0. The summed E-state index contributed by atoms with van der Waals surface area (Å²) < 4.78 is 26.0. The van der Waals surface area contributed by atoms with Crippen LogP contribution in [-0.2, 0) is 10.3 Å². The van der Waals surface area contributed by atoms with Crippen molar-refractivity contribution in [2.75, 3.05) is 5.32 Å². The summed E-state index contributed by atoms with van der Waals surface area (Å²) >= 11 is 0. The molecule has 18 heavy (non-hydrogen) atoms. The predicted molar refractivity (Wildman–Crippen MR) is 69.9 cm³/mol. The topological polar surface area (TPSA) is 81.4 Å². The van der Waals surface area contributed by atoms with Crippen molar-refractivity contribution >= 4 is 21.7 Å². The zero-order valence-electron chi connectivity index (χ0n) is 9.41. The molecule has 2 rings (SSSR count). The van der Waals surface area contributed by atoms with Crippen LogP contribution in [0.3, 0.4) is 0 Å². The number of rotatable bonds is 4. The lowest BCUT2D eigenvalue weighted by Crippen LogP contribution is -2.18. The van der Waals surface area contributed by atoms with Crippen molar-refractivity contribution in [3.63, 3.8) is 0 Å². The molecule has 0 aliphatic heterocycles. The Kier molecular flexibility index (Phi) is 3.50. The zero-order chi connectivity index (χ0) is 13.0. The summed E-state index contributed by atoms with van der Waals surface area (Å²) in [5.41, 5.74) is 1.76. The standard InChI is InChI=1S/C12H12N2O3S/c13-18(15,16)17-12-8-6-11(7-9-12)14-10-4-2-1-3-5-10/h1-9,14H,(H2,13,15,16). The molecule has 0 amide bonds. The summed E-state index contributed by atoms with van der Waals surface area (Å²) in [5, 5.41) is 7.92. The maximum absolute atomic E-state index is 10.7. The largest absolute Gasteiger partial charge is 0.380 e. The molecule has 0 aliphatic rings. The monoisotopic (exact) mass is 264 g/mol. The summed E-state index contributed by atoms with van der Waals surface area (Å²) in [5.74, 6) is 0.177. The average Bonchev–Trinajstić information content (AvgIpc) is 2.31. The van der Waals surface area contributed by atoms with E-state index in [-0.39, 0.29) is 5.75 Å². The minimum absolute atomic E-state index is 0.177. The van der Waals surface area contributed by atoms with Gasteiger partial charge in [0, 0.05) is 11.4 Å². The third-order valence-corrected chi connectivity index (χ3v) is 2.55. The number of nitrogens with two attached hydrogens (primary N) is 1. The fraction of sp³-hybridized carbons (Fsp3) is 0. The maximum Gasteiger partial charge on any atom is 0.380 e. The minimum atomic E-state index is -3.97. The van der Waals surface area contributed by atoms with Crippen LogP contribution in [0.2, 0.25) is 0 Å². The van der Waals surface area contributed by atoms with Crippen LogP contribution in [0.5, 0.6) is 5.75 Å². The molecule has 0 spiro atoms. The quantitative estimate of drug-likeness (QED) is 0.885. The molecule has 5 nitrogen and oxygen atoms in total. The SMILES string of the molecule is NS(=O)(=O)Oc1ccc(Nc2ccccc2)cc1. The van der Waals surface area contributed by atoms with Crippen molar-refractivity contribution in [3.8, 4) is 5.75 Å². The molecule has 0 atom stereocenters. The molecule has 0 fully saturated rings. The number of anilines is 2. The lowest BCUT2D eigenvalue weighted by molar-refractivity contribution is 0.488. The van der Waals surface area contributed by atoms with Gasteiger partial charge in [0.2, 0.25) is 0 Å². The lowest BCUT2D eigenvalue weighted by Gasteiger charge is -2.07. The van der Waals surface area contributed by atoms with Crippen LogP contribution in [0.15, 0.2) is 54.6 Å². The molecule has 3 N–H and O–H groups in total. The summed E-state index contributed by atoms with van der Waals surface area (Å²) in [6.07, 6.45) is 0. The first-order valence-electron chi connectivity index (χ1n) is 5.17. The van der Waals surface area contributed by atoms with Crippen molar-refractivity contribution in [3.05, 3.63) is 54.6 Å². The van der Waals surface area contributed by atoms with Gasteiger partial charge in [0.05, 0.1) is 0 Å². The average molecular weight is 264 g/mol. The van der Waals surface area contributed by atoms with E-state index < -0.39 is 10.3 Å². The van der Waals surface area contributed by atoms with Crippen molar-refractivity contribution in [1.29, 1.82) is 0 Å². The molecule has 2 aromatic rings. The van der Waals surface area contributed by atoms with E-state index in [0.29, 0.717) is 0 Å². The highest BCUT2D eigenvalue weighted by Gasteiger charge is 2.04. The van der Waals surface area contributed by atoms with Gasteiger partial charge in [-0.05, 0) is 36.4 Å². The first kappa shape index (κ1) is 12.4. The fourth-order valence-electron chi connectivity index (χ4n) is 1.42. The molecule has 0 unspecified atom stereocenters. The minimum Gasteiger partial charge on any atom is -0.371 e. The van der Waals surface area contributed by atoms with Crippen LogP contribution in [0.1, 0.15) is 0 Å². The summed E-state index contributed by atoms with van der Waals surface area (Å²) in [6.45, 7) is 0. The van der Waals surface area contributed by atoms with Crippen molar-refractivity contribution in [1.82, 2.24) is 0 Å². The van der Waals surface area contributed by atoms with E-state index in [9.17, 15) is 8.42 Å². The van der Waals surface area contributed by atoms with Crippen LogP contribution >= 0.6 is 0 Å². The number of hydrogen-bond acceptors (Lipinski definition) is 4. The number of hydrogen-bond donors (Lipinski definition) is 2. The van der Waals surface area contributed by atoms with Gasteiger partial charge >= 0.3 is 10.3 Å². The van der Waals surface area contributed by atoms with Gasteiger partial charge in [0.15, 0.2) is 0 Å². The van der Waals surface area contributed by atoms with Gasteiger partial charge in [-0.3, -0.25) is 0 Å². The number of para-hydroxylation sites is 1. The first-order valence-corrected chi connectivity index (χ1v) is 6.64. The fourth-order valence-corrected chi connectivity index (χ4v) is 1.80. The Morgan fingerprint density at radius 1 is 0.889 bits per heavy atom. The molecule has 0 saturated heterocycles. The van der Waals surface area contributed by atoms with Crippen molar-refractivity contribution in [2.24, 2.45) is 5.14 Å². The normalized spacial score (nSPS) is 10.9. The molecule has 2 aromatic carbocycles. The second-order valence-corrected chi connectivity index (χ2v) is 4.74. The maximum atomic E-state index is 10.7. The van der Waals surface area contributed by atoms with Crippen LogP contribution in [-0.4, -0.2) is 8.42 Å². The highest BCUT2D eigenvalue weighted by atomic mass is 32.2. The van der Waals surface area contributed by atoms with Crippen LogP contribution in [0, 0.1) is 0 Å². The highest BCUT2D eigenvalue weighted by Crippen LogP contribution is 2.20. The Balaban J connectivity index is 2.09. The summed E-state index contributed by atoms with van der Waals surface area (Å²) in [7, 11) is -3.97. The van der Waals surface area contributed by atoms with Gasteiger partial charge in [0.25, 0.3) is 0 Å². The Morgan fingerprint density at radius 3 is 2.00 bits per heavy atom. The van der Waals surface area contributed by atoms with Crippen LogP contribution < -0.4 is 14.6 Å².